The van der Waals surface area contributed by atoms with E-state index in [1.54, 1.807) is 0 Å². The van der Waals surface area contributed by atoms with Gasteiger partial charge in [-0.3, -0.25) is 0 Å². The Morgan fingerprint density at radius 2 is 1.29 bits per heavy atom. The molecule has 0 aromatic heterocycles. The molecule has 1 aliphatic heterocycles. The highest BCUT2D eigenvalue weighted by Crippen LogP contribution is 2.43. The van der Waals surface area contributed by atoms with Gasteiger partial charge in [-0.15, -0.1) is 0 Å². The van der Waals surface area contributed by atoms with E-state index in [1.807, 2.05) is 0 Å². The lowest BCUT2D eigenvalue weighted by Gasteiger charge is -2.41. The third-order valence-corrected chi connectivity index (χ3v) is 10.6. The van der Waals surface area contributed by atoms with Crippen LogP contribution >= 0.6 is 0 Å². The van der Waals surface area contributed by atoms with Crippen LogP contribution in [0.15, 0.2) is 24.1 Å². The van der Waals surface area contributed by atoms with Crippen LogP contribution in [0.1, 0.15) is 122 Å². The summed E-state index contributed by atoms with van der Waals surface area (Å²) >= 11 is 0. The molecule has 4 fully saturated rings. The molecule has 0 aromatic carbocycles. The van der Waals surface area contributed by atoms with E-state index in [4.69, 9.17) is 4.74 Å². The van der Waals surface area contributed by atoms with Crippen LogP contribution in [-0.2, 0) is 4.74 Å². The molecule has 4 aliphatic rings. The molecule has 218 valence electrons. The second-order valence-electron chi connectivity index (χ2n) is 13.2. The zero-order valence-electron chi connectivity index (χ0n) is 23.7. The van der Waals surface area contributed by atoms with Crippen LogP contribution in [0.3, 0.4) is 0 Å². The zero-order valence-corrected chi connectivity index (χ0v) is 23.7. The molecule has 4 rings (SSSR count). The molecule has 38 heavy (non-hydrogen) atoms. The summed E-state index contributed by atoms with van der Waals surface area (Å²) in [5.41, 5.74) is 0. The third-order valence-electron chi connectivity index (χ3n) is 10.6. The van der Waals surface area contributed by atoms with E-state index >= 15 is 0 Å². The molecule has 0 bridgehead atoms. The van der Waals surface area contributed by atoms with Crippen LogP contribution in [0.5, 0.6) is 0 Å². The van der Waals surface area contributed by atoms with Crippen molar-refractivity contribution in [3.63, 3.8) is 0 Å². The summed E-state index contributed by atoms with van der Waals surface area (Å²) in [6.07, 6.45) is 22.0. The fourth-order valence-electron chi connectivity index (χ4n) is 8.05. The van der Waals surface area contributed by atoms with E-state index < -0.39 is 17.9 Å². The largest absolute Gasteiger partial charge is 0.412 e. The van der Waals surface area contributed by atoms with Crippen molar-refractivity contribution < 1.29 is 22.3 Å². The van der Waals surface area contributed by atoms with Crippen molar-refractivity contribution >= 4 is 0 Å². The first-order chi connectivity index (χ1) is 18.3. The van der Waals surface area contributed by atoms with Gasteiger partial charge in [-0.2, -0.15) is 13.2 Å². The molecule has 2 unspecified atom stereocenters. The molecular weight excluding hydrogens is 488 g/mol. The van der Waals surface area contributed by atoms with Crippen LogP contribution in [0.4, 0.5) is 17.6 Å². The van der Waals surface area contributed by atoms with E-state index in [-0.39, 0.29) is 12.2 Å². The molecule has 0 aromatic rings. The van der Waals surface area contributed by atoms with Gasteiger partial charge in [0.05, 0.1) is 18.8 Å². The second-order valence-corrected chi connectivity index (χ2v) is 13.2. The van der Waals surface area contributed by atoms with Gasteiger partial charge in [0.1, 0.15) is 5.83 Å². The van der Waals surface area contributed by atoms with Crippen molar-refractivity contribution in [3.05, 3.63) is 24.1 Å². The number of allylic oxidation sites excluding steroid dienone is 4. The fraction of sp³-hybridized carbons (Fsp3) is 0.879. The summed E-state index contributed by atoms with van der Waals surface area (Å²) in [5.74, 6) is 2.80. The van der Waals surface area contributed by atoms with Gasteiger partial charge < -0.3 is 4.74 Å². The van der Waals surface area contributed by atoms with E-state index in [2.05, 4.69) is 19.1 Å². The summed E-state index contributed by atoms with van der Waals surface area (Å²) < 4.78 is 57.7. The highest BCUT2D eigenvalue weighted by molar-refractivity contribution is 5.03. The average molecular weight is 541 g/mol. The average Bonchev–Trinajstić information content (AvgIpc) is 2.92. The summed E-state index contributed by atoms with van der Waals surface area (Å²) in [5, 5.41) is 0. The molecule has 0 spiro atoms. The molecule has 1 nitrogen and oxygen atoms in total. The van der Waals surface area contributed by atoms with Crippen molar-refractivity contribution in [1.29, 1.82) is 0 Å². The molecule has 3 aliphatic carbocycles. The van der Waals surface area contributed by atoms with E-state index in [9.17, 15) is 17.6 Å². The summed E-state index contributed by atoms with van der Waals surface area (Å²) in [6.45, 7) is 3.13. The van der Waals surface area contributed by atoms with Crippen molar-refractivity contribution in [2.75, 3.05) is 6.61 Å². The summed E-state index contributed by atoms with van der Waals surface area (Å²) in [6, 6.07) is 0. The molecule has 0 amide bonds. The van der Waals surface area contributed by atoms with Gasteiger partial charge in [0.25, 0.3) is 0 Å². The van der Waals surface area contributed by atoms with Crippen molar-refractivity contribution in [1.82, 2.24) is 0 Å². The minimum Gasteiger partial charge on any atom is -0.378 e. The molecular formula is C33H52F4O. The highest BCUT2D eigenvalue weighted by Gasteiger charge is 2.36. The highest BCUT2D eigenvalue weighted by atomic mass is 19.4. The lowest BCUT2D eigenvalue weighted by molar-refractivity contribution is -0.0832. The number of alkyl halides is 3. The van der Waals surface area contributed by atoms with Gasteiger partial charge in [-0.25, -0.2) is 4.39 Å². The third kappa shape index (κ3) is 9.37. The second kappa shape index (κ2) is 14.7. The predicted octanol–water partition coefficient (Wildman–Crippen LogP) is 10.8. The molecule has 1 saturated heterocycles. The van der Waals surface area contributed by atoms with E-state index in [0.717, 1.165) is 49.5 Å². The molecule has 5 heteroatoms. The van der Waals surface area contributed by atoms with Crippen LogP contribution in [-0.4, -0.2) is 18.9 Å². The normalized spacial score (nSPS) is 38.0. The number of rotatable bonds is 9. The Labute approximate surface area is 229 Å². The van der Waals surface area contributed by atoms with Gasteiger partial charge in [0, 0.05) is 5.92 Å². The smallest absolute Gasteiger partial charge is 0.378 e. The maximum absolute atomic E-state index is 13.9. The zero-order chi connectivity index (χ0) is 27.0. The monoisotopic (exact) mass is 540 g/mol. The molecule has 2 atom stereocenters. The first-order valence-corrected chi connectivity index (χ1v) is 16.1. The molecule has 0 radical (unpaired) electrons. The fourth-order valence-corrected chi connectivity index (χ4v) is 8.05. The molecule has 1 heterocycles. The number of hydrogen-bond acceptors (Lipinski definition) is 1. The van der Waals surface area contributed by atoms with Gasteiger partial charge in [-0.1, -0.05) is 44.8 Å². The minimum atomic E-state index is -4.56. The number of halogens is 4. The quantitative estimate of drug-likeness (QED) is 0.161. The molecule has 0 N–H and O–H groups in total. The van der Waals surface area contributed by atoms with Crippen molar-refractivity contribution in [2.24, 2.45) is 41.4 Å². The Bertz CT molecular complexity index is 727. The Morgan fingerprint density at radius 3 is 1.84 bits per heavy atom. The van der Waals surface area contributed by atoms with Crippen LogP contribution in [0.2, 0.25) is 0 Å². The summed E-state index contributed by atoms with van der Waals surface area (Å²) in [4.78, 5) is 0. The van der Waals surface area contributed by atoms with E-state index in [0.29, 0.717) is 24.7 Å². The predicted molar refractivity (Wildman–Crippen MR) is 147 cm³/mol. The number of ether oxygens (including phenoxy) is 1. The lowest BCUT2D eigenvalue weighted by Crippen LogP contribution is -2.37. The van der Waals surface area contributed by atoms with Crippen LogP contribution in [0, 0.1) is 41.4 Å². The van der Waals surface area contributed by atoms with Gasteiger partial charge in [-0.05, 0) is 125 Å². The Morgan fingerprint density at radius 1 is 0.711 bits per heavy atom. The van der Waals surface area contributed by atoms with Crippen molar-refractivity contribution in [3.8, 4) is 0 Å². The van der Waals surface area contributed by atoms with E-state index in [1.165, 1.54) is 83.5 Å². The Balaban J connectivity index is 1.10. The summed E-state index contributed by atoms with van der Waals surface area (Å²) in [7, 11) is 0. The molecule has 3 saturated carbocycles. The first-order valence-electron chi connectivity index (χ1n) is 16.1. The lowest BCUT2D eigenvalue weighted by atomic mass is 9.71. The standard InChI is InChI=1S/C33H52F4O/c1-2-3-4-5-24-6-8-25(9-7-24)10-11-26-12-14-27(15-13-26)30-20-21-32(38-23-30)29-18-16-28(17-19-29)31(34)22-33(35,36)37/h10-11,22,24-30,32H,2-9,12-21,23H2,1H3/b11-10+,31-22-. The SMILES string of the molecule is CCCCCC1CCC(/C=C/C2CCC(C3CCC(C4CCC(/C(F)=C/C(F)(F)F)CC4)OC3)CC2)CC1. The van der Waals surface area contributed by atoms with Crippen LogP contribution in [0.25, 0.3) is 0 Å². The maximum atomic E-state index is 13.9. The number of unbranched alkanes of at least 4 members (excludes halogenated alkanes) is 2. The van der Waals surface area contributed by atoms with Crippen molar-refractivity contribution in [2.45, 2.75) is 135 Å². The van der Waals surface area contributed by atoms with Crippen LogP contribution < -0.4 is 0 Å². The minimum absolute atomic E-state index is 0.148. The van der Waals surface area contributed by atoms with Gasteiger partial charge in [0.15, 0.2) is 0 Å². The topological polar surface area (TPSA) is 9.23 Å². The van der Waals surface area contributed by atoms with Gasteiger partial charge >= 0.3 is 6.18 Å². The first kappa shape index (κ1) is 30.1. The Kier molecular flexibility index (Phi) is 11.6. The van der Waals surface area contributed by atoms with Gasteiger partial charge in [0.2, 0.25) is 0 Å². The maximum Gasteiger partial charge on any atom is 0.412 e. The number of hydrogen-bond donors (Lipinski definition) is 0. The Hall–Kier alpha value is -0.840.